The Morgan fingerprint density at radius 1 is 1.50 bits per heavy atom. The molecule has 92 valence electrons. The van der Waals surface area contributed by atoms with Gasteiger partial charge in [-0.05, 0) is 27.2 Å². The Labute approximate surface area is 96.5 Å². The third kappa shape index (κ3) is 6.19. The molecule has 1 atom stereocenters. The predicted octanol–water partition coefficient (Wildman–Crippen LogP) is 0.590. The maximum absolute atomic E-state index is 11.4. The lowest BCUT2D eigenvalue weighted by Gasteiger charge is -2.20. The van der Waals surface area contributed by atoms with Crippen molar-refractivity contribution in [1.29, 1.82) is 0 Å². The lowest BCUT2D eigenvalue weighted by Crippen LogP contribution is -2.45. The Balaban J connectivity index is 4.07. The average Bonchev–Trinajstić information content (AvgIpc) is 2.17. The van der Waals surface area contributed by atoms with E-state index in [0.29, 0.717) is 25.4 Å². The van der Waals surface area contributed by atoms with E-state index in [1.54, 1.807) is 20.8 Å². The summed E-state index contributed by atoms with van der Waals surface area (Å²) in [5.41, 5.74) is 10.2. The number of hydrogen-bond acceptors (Lipinski definition) is 4. The number of rotatable bonds is 6. The molecule has 4 N–H and O–H groups in total. The molecule has 0 aliphatic heterocycles. The van der Waals surface area contributed by atoms with E-state index in [4.69, 9.17) is 16.2 Å². The standard InChI is InChI=1S/C11H21N3O2/c1-4-16-10(15)11(3,13)7-5-6-8-14-9(2)12/h5-6H,4,7-8,13H2,1-3H3,(H2,12,14)/b6-5+. The van der Waals surface area contributed by atoms with Gasteiger partial charge in [-0.2, -0.15) is 0 Å². The molecular formula is C11H21N3O2. The zero-order valence-corrected chi connectivity index (χ0v) is 10.2. The van der Waals surface area contributed by atoms with Crippen LogP contribution in [0.3, 0.4) is 0 Å². The second-order valence-electron chi connectivity index (χ2n) is 3.80. The summed E-state index contributed by atoms with van der Waals surface area (Å²) in [7, 11) is 0. The van der Waals surface area contributed by atoms with Gasteiger partial charge in [-0.15, -0.1) is 0 Å². The number of carbonyl (C=O) groups is 1. The van der Waals surface area contributed by atoms with Crippen LogP contribution in [0.4, 0.5) is 0 Å². The van der Waals surface area contributed by atoms with Crippen molar-refractivity contribution < 1.29 is 9.53 Å². The van der Waals surface area contributed by atoms with Gasteiger partial charge in [0, 0.05) is 0 Å². The highest BCUT2D eigenvalue weighted by Crippen LogP contribution is 2.08. The molecule has 0 bridgehead atoms. The first kappa shape index (κ1) is 14.6. The highest BCUT2D eigenvalue weighted by atomic mass is 16.5. The van der Waals surface area contributed by atoms with E-state index >= 15 is 0 Å². The zero-order chi connectivity index (χ0) is 12.6. The largest absolute Gasteiger partial charge is 0.465 e. The molecule has 5 heteroatoms. The summed E-state index contributed by atoms with van der Waals surface area (Å²) in [5.74, 6) is 0.142. The van der Waals surface area contributed by atoms with Crippen LogP contribution in [0.1, 0.15) is 27.2 Å². The fourth-order valence-electron chi connectivity index (χ4n) is 0.979. The van der Waals surface area contributed by atoms with Crippen LogP contribution in [0.25, 0.3) is 0 Å². The second-order valence-corrected chi connectivity index (χ2v) is 3.80. The van der Waals surface area contributed by atoms with Gasteiger partial charge in [0.05, 0.1) is 19.0 Å². The molecule has 1 unspecified atom stereocenters. The molecule has 0 amide bonds. The number of nitrogens with two attached hydrogens (primary N) is 2. The highest BCUT2D eigenvalue weighted by molar-refractivity contribution is 5.80. The van der Waals surface area contributed by atoms with Crippen LogP contribution in [0.15, 0.2) is 17.1 Å². The number of aliphatic imine (C=N–C) groups is 1. The van der Waals surface area contributed by atoms with Crippen molar-refractivity contribution in [2.75, 3.05) is 13.2 Å². The van der Waals surface area contributed by atoms with Crippen LogP contribution in [-0.4, -0.2) is 30.5 Å². The summed E-state index contributed by atoms with van der Waals surface area (Å²) in [6, 6.07) is 0. The maximum atomic E-state index is 11.4. The van der Waals surface area contributed by atoms with E-state index in [0.717, 1.165) is 0 Å². The molecule has 0 aromatic carbocycles. The van der Waals surface area contributed by atoms with Crippen LogP contribution in [0.2, 0.25) is 0 Å². The van der Waals surface area contributed by atoms with Gasteiger partial charge in [0.2, 0.25) is 0 Å². The summed E-state index contributed by atoms with van der Waals surface area (Å²) in [4.78, 5) is 15.4. The lowest BCUT2D eigenvalue weighted by atomic mass is 9.99. The van der Waals surface area contributed by atoms with Crippen molar-refractivity contribution in [1.82, 2.24) is 0 Å². The molecule has 0 saturated carbocycles. The van der Waals surface area contributed by atoms with Gasteiger partial charge in [-0.3, -0.25) is 9.79 Å². The molecule has 5 nitrogen and oxygen atoms in total. The fourth-order valence-corrected chi connectivity index (χ4v) is 0.979. The minimum Gasteiger partial charge on any atom is -0.465 e. The van der Waals surface area contributed by atoms with Gasteiger partial charge < -0.3 is 16.2 Å². The van der Waals surface area contributed by atoms with Gasteiger partial charge in [0.1, 0.15) is 5.54 Å². The average molecular weight is 227 g/mol. The quantitative estimate of drug-likeness (QED) is 0.301. The summed E-state index contributed by atoms with van der Waals surface area (Å²) in [6.07, 6.45) is 4.05. The first-order chi connectivity index (χ1) is 7.40. The SMILES string of the molecule is CCOC(=O)C(C)(N)C/C=C/CN=C(C)N. The van der Waals surface area contributed by atoms with Gasteiger partial charge >= 0.3 is 5.97 Å². The van der Waals surface area contributed by atoms with Crippen LogP contribution < -0.4 is 11.5 Å². The number of ether oxygens (including phenoxy) is 1. The van der Waals surface area contributed by atoms with Gasteiger partial charge in [0.15, 0.2) is 0 Å². The molecule has 0 aliphatic carbocycles. The minimum absolute atomic E-state index is 0.339. The molecule has 0 aliphatic rings. The molecule has 0 aromatic heterocycles. The Morgan fingerprint density at radius 2 is 2.12 bits per heavy atom. The van der Waals surface area contributed by atoms with Crippen molar-refractivity contribution in [3.63, 3.8) is 0 Å². The Morgan fingerprint density at radius 3 is 2.62 bits per heavy atom. The Bertz CT molecular complexity index is 279. The number of hydrogen-bond donors (Lipinski definition) is 2. The summed E-state index contributed by atoms with van der Waals surface area (Å²) in [5, 5.41) is 0. The van der Waals surface area contributed by atoms with Gasteiger partial charge in [-0.25, -0.2) is 0 Å². The highest BCUT2D eigenvalue weighted by Gasteiger charge is 2.28. The van der Waals surface area contributed by atoms with E-state index in [1.165, 1.54) is 0 Å². The normalized spacial score (nSPS) is 16.1. The van der Waals surface area contributed by atoms with Crippen molar-refractivity contribution in [2.45, 2.75) is 32.7 Å². The summed E-state index contributed by atoms with van der Waals surface area (Å²) in [6.45, 7) is 5.96. The second kappa shape index (κ2) is 7.00. The number of carbonyl (C=O) groups excluding carboxylic acids is 1. The molecule has 16 heavy (non-hydrogen) atoms. The van der Waals surface area contributed by atoms with E-state index in [2.05, 4.69) is 4.99 Å². The third-order valence-electron chi connectivity index (χ3n) is 1.90. The third-order valence-corrected chi connectivity index (χ3v) is 1.90. The number of nitrogens with zero attached hydrogens (tertiary/aromatic N) is 1. The van der Waals surface area contributed by atoms with Gasteiger partial charge in [-0.1, -0.05) is 12.2 Å². The molecule has 0 heterocycles. The first-order valence-corrected chi connectivity index (χ1v) is 5.27. The fraction of sp³-hybridized carbons (Fsp3) is 0.636. The smallest absolute Gasteiger partial charge is 0.326 e. The maximum Gasteiger partial charge on any atom is 0.326 e. The van der Waals surface area contributed by atoms with Gasteiger partial charge in [0.25, 0.3) is 0 Å². The van der Waals surface area contributed by atoms with Crippen LogP contribution in [0, 0.1) is 0 Å². The molecule has 0 aromatic rings. The molecule has 0 radical (unpaired) electrons. The van der Waals surface area contributed by atoms with Crippen molar-refractivity contribution >= 4 is 11.8 Å². The molecule has 0 spiro atoms. The first-order valence-electron chi connectivity index (χ1n) is 5.27. The van der Waals surface area contributed by atoms with Crippen molar-refractivity contribution in [3.8, 4) is 0 Å². The van der Waals surface area contributed by atoms with Crippen molar-refractivity contribution in [2.24, 2.45) is 16.5 Å². The lowest BCUT2D eigenvalue weighted by molar-refractivity contribution is -0.148. The van der Waals surface area contributed by atoms with E-state index in [-0.39, 0.29) is 0 Å². The molecule has 0 fully saturated rings. The van der Waals surface area contributed by atoms with Crippen molar-refractivity contribution in [3.05, 3.63) is 12.2 Å². The summed E-state index contributed by atoms with van der Waals surface area (Å²) < 4.78 is 4.86. The topological polar surface area (TPSA) is 90.7 Å². The number of esters is 1. The molecule has 0 rings (SSSR count). The Kier molecular flexibility index (Phi) is 6.41. The van der Waals surface area contributed by atoms with Crippen LogP contribution in [0.5, 0.6) is 0 Å². The molecule has 0 saturated heterocycles. The summed E-state index contributed by atoms with van der Waals surface area (Å²) >= 11 is 0. The number of amidine groups is 1. The Hall–Kier alpha value is -1.36. The van der Waals surface area contributed by atoms with E-state index in [9.17, 15) is 4.79 Å². The van der Waals surface area contributed by atoms with E-state index in [1.807, 2.05) is 12.2 Å². The predicted molar refractivity (Wildman–Crippen MR) is 65.1 cm³/mol. The van der Waals surface area contributed by atoms with Crippen LogP contribution >= 0.6 is 0 Å². The monoisotopic (exact) mass is 227 g/mol. The van der Waals surface area contributed by atoms with Crippen LogP contribution in [-0.2, 0) is 9.53 Å². The van der Waals surface area contributed by atoms with E-state index < -0.39 is 11.5 Å². The minimum atomic E-state index is -0.978. The zero-order valence-electron chi connectivity index (χ0n) is 10.2. The molecular weight excluding hydrogens is 206 g/mol.